The molecule has 0 aromatic carbocycles. The molecule has 1 fully saturated rings. The van der Waals surface area contributed by atoms with Crippen LogP contribution in [0.3, 0.4) is 0 Å². The number of nitrogens with zero attached hydrogens (tertiary/aromatic N) is 3. The van der Waals surface area contributed by atoms with Gasteiger partial charge in [-0.3, -0.25) is 0 Å². The second-order valence-corrected chi connectivity index (χ2v) is 4.43. The van der Waals surface area contributed by atoms with Crippen LogP contribution in [-0.2, 0) is 4.74 Å². The van der Waals surface area contributed by atoms with Gasteiger partial charge in [-0.05, 0) is 33.1 Å². The number of anilines is 1. The van der Waals surface area contributed by atoms with E-state index in [2.05, 4.69) is 14.9 Å². The van der Waals surface area contributed by atoms with Crippen molar-refractivity contribution in [2.45, 2.75) is 33.1 Å². The summed E-state index contributed by atoms with van der Waals surface area (Å²) in [4.78, 5) is 22.4. The first-order valence-electron chi connectivity index (χ1n) is 6.48. The van der Waals surface area contributed by atoms with Gasteiger partial charge in [0.05, 0.1) is 18.5 Å². The maximum Gasteiger partial charge on any atom is 0.358 e. The van der Waals surface area contributed by atoms with Gasteiger partial charge in [0.1, 0.15) is 5.82 Å². The Labute approximate surface area is 107 Å². The van der Waals surface area contributed by atoms with E-state index in [4.69, 9.17) is 4.74 Å². The normalized spacial score (nSPS) is 15.6. The fraction of sp³-hybridized carbons (Fsp3) is 0.615. The van der Waals surface area contributed by atoms with Crippen molar-refractivity contribution >= 4 is 11.8 Å². The zero-order chi connectivity index (χ0) is 13.0. The van der Waals surface area contributed by atoms with E-state index in [0.717, 1.165) is 24.6 Å². The molecule has 1 aromatic rings. The van der Waals surface area contributed by atoms with E-state index < -0.39 is 5.97 Å². The molecule has 1 saturated heterocycles. The first-order chi connectivity index (χ1) is 8.72. The van der Waals surface area contributed by atoms with Crippen molar-refractivity contribution in [3.63, 3.8) is 0 Å². The molecule has 0 aliphatic carbocycles. The molecular formula is C13H19N3O2. The molecule has 2 rings (SSSR count). The van der Waals surface area contributed by atoms with Crippen LogP contribution in [0.1, 0.15) is 42.4 Å². The van der Waals surface area contributed by atoms with Crippen LogP contribution in [0.25, 0.3) is 0 Å². The molecule has 1 aromatic heterocycles. The van der Waals surface area contributed by atoms with Crippen molar-refractivity contribution in [3.8, 4) is 0 Å². The van der Waals surface area contributed by atoms with Gasteiger partial charge in [-0.1, -0.05) is 0 Å². The molecular weight excluding hydrogens is 230 g/mol. The molecule has 1 aliphatic heterocycles. The summed E-state index contributed by atoms with van der Waals surface area (Å²) in [6.07, 6.45) is 5.18. The number of ether oxygens (including phenoxy) is 1. The maximum absolute atomic E-state index is 11.5. The number of carbonyl (C=O) groups is 1. The lowest BCUT2D eigenvalue weighted by atomic mass is 10.1. The number of aryl methyl sites for hydroxylation is 1. The lowest BCUT2D eigenvalue weighted by Crippen LogP contribution is -2.31. The van der Waals surface area contributed by atoms with Crippen LogP contribution < -0.4 is 4.90 Å². The summed E-state index contributed by atoms with van der Waals surface area (Å²) >= 11 is 0. The highest BCUT2D eigenvalue weighted by molar-refractivity contribution is 5.87. The summed E-state index contributed by atoms with van der Waals surface area (Å²) in [5.41, 5.74) is 1.08. The molecule has 0 amide bonds. The highest BCUT2D eigenvalue weighted by Gasteiger charge is 2.17. The molecule has 0 atom stereocenters. The number of aromatic nitrogens is 2. The lowest BCUT2D eigenvalue weighted by molar-refractivity contribution is 0.0518. The van der Waals surface area contributed by atoms with Gasteiger partial charge >= 0.3 is 5.97 Å². The minimum absolute atomic E-state index is 0.287. The first-order valence-corrected chi connectivity index (χ1v) is 6.48. The van der Waals surface area contributed by atoms with Gasteiger partial charge in [0.2, 0.25) is 0 Å². The Balaban J connectivity index is 2.16. The first kappa shape index (κ1) is 12.8. The van der Waals surface area contributed by atoms with Crippen LogP contribution in [0.4, 0.5) is 5.82 Å². The number of rotatable bonds is 3. The number of piperidine rings is 1. The second-order valence-electron chi connectivity index (χ2n) is 4.43. The molecule has 1 aliphatic rings. The average molecular weight is 249 g/mol. The Hall–Kier alpha value is -1.65. The third kappa shape index (κ3) is 2.78. The summed E-state index contributed by atoms with van der Waals surface area (Å²) < 4.78 is 4.91. The van der Waals surface area contributed by atoms with Crippen molar-refractivity contribution in [2.24, 2.45) is 0 Å². The van der Waals surface area contributed by atoms with Crippen molar-refractivity contribution < 1.29 is 9.53 Å². The molecule has 0 N–H and O–H groups in total. The van der Waals surface area contributed by atoms with Crippen LogP contribution in [0.15, 0.2) is 6.20 Å². The minimum Gasteiger partial charge on any atom is -0.461 e. The summed E-state index contributed by atoms with van der Waals surface area (Å²) in [6, 6.07) is 0. The van der Waals surface area contributed by atoms with Gasteiger partial charge in [0, 0.05) is 13.1 Å². The molecule has 0 unspecified atom stereocenters. The lowest BCUT2D eigenvalue weighted by Gasteiger charge is -2.28. The zero-order valence-electron chi connectivity index (χ0n) is 11.0. The van der Waals surface area contributed by atoms with E-state index in [-0.39, 0.29) is 5.69 Å². The SMILES string of the molecule is CCOC(=O)c1cnc(N2CCCCC2)c(C)n1. The second kappa shape index (κ2) is 5.80. The topological polar surface area (TPSA) is 55.3 Å². The monoisotopic (exact) mass is 249 g/mol. The summed E-state index contributed by atoms with van der Waals surface area (Å²) in [7, 11) is 0. The summed E-state index contributed by atoms with van der Waals surface area (Å²) in [5, 5.41) is 0. The predicted octanol–water partition coefficient (Wildman–Crippen LogP) is 1.95. The smallest absolute Gasteiger partial charge is 0.358 e. The van der Waals surface area contributed by atoms with E-state index in [9.17, 15) is 4.79 Å². The van der Waals surface area contributed by atoms with Gasteiger partial charge in [0.25, 0.3) is 0 Å². The highest BCUT2D eigenvalue weighted by Crippen LogP contribution is 2.20. The van der Waals surface area contributed by atoms with Crippen LogP contribution in [0, 0.1) is 6.92 Å². The molecule has 98 valence electrons. The van der Waals surface area contributed by atoms with Gasteiger partial charge in [-0.15, -0.1) is 0 Å². The molecule has 2 heterocycles. The third-order valence-electron chi connectivity index (χ3n) is 3.06. The molecule has 0 radical (unpaired) electrons. The van der Waals surface area contributed by atoms with Crippen LogP contribution >= 0.6 is 0 Å². The van der Waals surface area contributed by atoms with Gasteiger partial charge < -0.3 is 9.64 Å². The Morgan fingerprint density at radius 2 is 2.11 bits per heavy atom. The van der Waals surface area contributed by atoms with E-state index in [1.165, 1.54) is 25.5 Å². The Morgan fingerprint density at radius 3 is 2.72 bits per heavy atom. The van der Waals surface area contributed by atoms with E-state index in [1.807, 2.05) is 6.92 Å². The minimum atomic E-state index is -0.404. The van der Waals surface area contributed by atoms with Gasteiger partial charge in [-0.25, -0.2) is 14.8 Å². The third-order valence-corrected chi connectivity index (χ3v) is 3.06. The van der Waals surface area contributed by atoms with Crippen molar-refractivity contribution in [1.82, 2.24) is 9.97 Å². The van der Waals surface area contributed by atoms with E-state index in [1.54, 1.807) is 6.92 Å². The number of hydrogen-bond donors (Lipinski definition) is 0. The summed E-state index contributed by atoms with van der Waals surface area (Å²) in [6.45, 7) is 6.07. The Morgan fingerprint density at radius 1 is 1.39 bits per heavy atom. The largest absolute Gasteiger partial charge is 0.461 e. The Kier molecular flexibility index (Phi) is 4.12. The van der Waals surface area contributed by atoms with Gasteiger partial charge in [-0.2, -0.15) is 0 Å². The highest BCUT2D eigenvalue weighted by atomic mass is 16.5. The van der Waals surface area contributed by atoms with Crippen molar-refractivity contribution in [2.75, 3.05) is 24.6 Å². The molecule has 0 saturated carbocycles. The van der Waals surface area contributed by atoms with Crippen LogP contribution in [0.2, 0.25) is 0 Å². The average Bonchev–Trinajstić information content (AvgIpc) is 2.40. The predicted molar refractivity (Wildman–Crippen MR) is 68.8 cm³/mol. The summed E-state index contributed by atoms with van der Waals surface area (Å²) in [5.74, 6) is 0.487. The number of carbonyl (C=O) groups excluding carboxylic acids is 1. The van der Waals surface area contributed by atoms with E-state index in [0.29, 0.717) is 6.61 Å². The van der Waals surface area contributed by atoms with Crippen molar-refractivity contribution in [3.05, 3.63) is 17.6 Å². The van der Waals surface area contributed by atoms with Crippen LogP contribution in [-0.4, -0.2) is 35.6 Å². The number of esters is 1. The Bertz CT molecular complexity index is 428. The molecule has 18 heavy (non-hydrogen) atoms. The number of hydrogen-bond acceptors (Lipinski definition) is 5. The van der Waals surface area contributed by atoms with Gasteiger partial charge in [0.15, 0.2) is 5.69 Å². The fourth-order valence-corrected chi connectivity index (χ4v) is 2.19. The van der Waals surface area contributed by atoms with Crippen molar-refractivity contribution in [1.29, 1.82) is 0 Å². The molecule has 5 nitrogen and oxygen atoms in total. The molecule has 5 heteroatoms. The fourth-order valence-electron chi connectivity index (χ4n) is 2.19. The quantitative estimate of drug-likeness (QED) is 0.766. The van der Waals surface area contributed by atoms with E-state index >= 15 is 0 Å². The standard InChI is InChI=1S/C13H19N3O2/c1-3-18-13(17)11-9-14-12(10(2)15-11)16-7-5-4-6-8-16/h9H,3-8H2,1-2H3. The van der Waals surface area contributed by atoms with Crippen LogP contribution in [0.5, 0.6) is 0 Å². The molecule has 0 bridgehead atoms. The zero-order valence-corrected chi connectivity index (χ0v) is 11.0. The maximum atomic E-state index is 11.5. The molecule has 0 spiro atoms.